The van der Waals surface area contributed by atoms with Crippen molar-refractivity contribution in [1.29, 1.82) is 0 Å². The number of carbonyl (C=O) groups excluding carboxylic acids is 1. The van der Waals surface area contributed by atoms with E-state index < -0.39 is 0 Å². The summed E-state index contributed by atoms with van der Waals surface area (Å²) < 4.78 is 0. The van der Waals surface area contributed by atoms with Crippen LogP contribution < -0.4 is 0 Å². The molecule has 2 nitrogen and oxygen atoms in total. The number of thiophene rings is 1. The first-order chi connectivity index (χ1) is 9.28. The highest BCUT2D eigenvalue weighted by atomic mass is 79.9. The van der Waals surface area contributed by atoms with Crippen molar-refractivity contribution >= 4 is 33.2 Å². The Morgan fingerprint density at radius 2 is 2.26 bits per heavy atom. The molecule has 1 aliphatic carbocycles. The smallest absolute Gasteiger partial charge is 0.263 e. The van der Waals surface area contributed by atoms with Gasteiger partial charge in [0.1, 0.15) is 0 Å². The van der Waals surface area contributed by atoms with Crippen molar-refractivity contribution in [2.75, 3.05) is 18.4 Å². The fourth-order valence-electron chi connectivity index (χ4n) is 3.16. The molecule has 0 radical (unpaired) electrons. The molecule has 19 heavy (non-hydrogen) atoms. The van der Waals surface area contributed by atoms with E-state index in [2.05, 4.69) is 26.9 Å². The first kappa shape index (κ1) is 13.6. The van der Waals surface area contributed by atoms with Crippen LogP contribution >= 0.6 is 27.3 Å². The number of likely N-dealkylation sites (tertiary alicyclic amines) is 1. The summed E-state index contributed by atoms with van der Waals surface area (Å²) in [5.74, 6) is 0.967. The van der Waals surface area contributed by atoms with Gasteiger partial charge in [0.2, 0.25) is 0 Å². The van der Waals surface area contributed by atoms with Gasteiger partial charge >= 0.3 is 0 Å². The summed E-state index contributed by atoms with van der Waals surface area (Å²) >= 11 is 5.24. The van der Waals surface area contributed by atoms with Gasteiger partial charge in [-0.2, -0.15) is 0 Å². The molecule has 0 bridgehead atoms. The Labute approximate surface area is 127 Å². The van der Waals surface area contributed by atoms with Crippen LogP contribution in [0, 0.1) is 5.92 Å². The first-order valence-corrected chi connectivity index (χ1v) is 9.18. The third kappa shape index (κ3) is 2.89. The van der Waals surface area contributed by atoms with E-state index in [9.17, 15) is 4.79 Å². The van der Waals surface area contributed by atoms with Gasteiger partial charge in [0, 0.05) is 23.3 Å². The molecule has 1 aromatic rings. The molecule has 1 aromatic heterocycles. The highest BCUT2D eigenvalue weighted by Crippen LogP contribution is 2.31. The van der Waals surface area contributed by atoms with Gasteiger partial charge in [-0.25, -0.2) is 0 Å². The summed E-state index contributed by atoms with van der Waals surface area (Å²) in [6, 6.07) is 2.17. The number of alkyl halides is 1. The minimum atomic E-state index is 0.275. The number of hydrogen-bond donors (Lipinski definition) is 0. The van der Waals surface area contributed by atoms with Crippen LogP contribution in [0.1, 0.15) is 45.8 Å². The van der Waals surface area contributed by atoms with Gasteiger partial charge in [0.15, 0.2) is 0 Å². The van der Waals surface area contributed by atoms with E-state index >= 15 is 0 Å². The van der Waals surface area contributed by atoms with Crippen molar-refractivity contribution < 1.29 is 4.79 Å². The van der Waals surface area contributed by atoms with Crippen molar-refractivity contribution in [1.82, 2.24) is 4.90 Å². The van der Waals surface area contributed by atoms with E-state index in [1.165, 1.54) is 49.0 Å². The van der Waals surface area contributed by atoms with E-state index in [-0.39, 0.29) is 5.91 Å². The lowest BCUT2D eigenvalue weighted by Crippen LogP contribution is -2.28. The number of carbonyl (C=O) groups is 1. The molecular formula is C15H20BrNOS. The Kier molecular flexibility index (Phi) is 4.27. The summed E-state index contributed by atoms with van der Waals surface area (Å²) in [4.78, 5) is 17.0. The molecule has 104 valence electrons. The monoisotopic (exact) mass is 341 g/mol. The van der Waals surface area contributed by atoms with Gasteiger partial charge in [-0.1, -0.05) is 15.9 Å². The predicted octanol–water partition coefficient (Wildman–Crippen LogP) is 3.87. The van der Waals surface area contributed by atoms with E-state index in [0.717, 1.165) is 23.3 Å². The van der Waals surface area contributed by atoms with E-state index in [1.54, 1.807) is 11.3 Å². The molecule has 2 heterocycles. The number of hydrogen-bond acceptors (Lipinski definition) is 2. The Morgan fingerprint density at radius 3 is 3.05 bits per heavy atom. The van der Waals surface area contributed by atoms with Gasteiger partial charge < -0.3 is 4.90 Å². The van der Waals surface area contributed by atoms with Crippen LogP contribution in [0.15, 0.2) is 6.07 Å². The lowest BCUT2D eigenvalue weighted by Gasteiger charge is -2.15. The molecule has 0 saturated carbocycles. The first-order valence-electron chi connectivity index (χ1n) is 7.24. The summed E-state index contributed by atoms with van der Waals surface area (Å²) in [7, 11) is 0. The summed E-state index contributed by atoms with van der Waals surface area (Å²) in [6.45, 7) is 1.89. The van der Waals surface area contributed by atoms with Crippen LogP contribution in [0.2, 0.25) is 0 Å². The van der Waals surface area contributed by atoms with E-state index in [1.807, 2.05) is 0 Å². The van der Waals surface area contributed by atoms with Gasteiger partial charge in [-0.3, -0.25) is 4.79 Å². The minimum absolute atomic E-state index is 0.275. The SMILES string of the molecule is O=C(c1cc2c(s1)CCCC2)N1CCC(CCBr)C1. The Bertz CT molecular complexity index is 447. The normalized spacial score (nSPS) is 22.6. The number of nitrogens with zero attached hydrogens (tertiary/aromatic N) is 1. The Morgan fingerprint density at radius 1 is 1.42 bits per heavy atom. The molecule has 1 amide bonds. The van der Waals surface area contributed by atoms with Crippen molar-refractivity contribution in [3.8, 4) is 0 Å². The third-order valence-corrected chi connectivity index (χ3v) is 5.98. The third-order valence-electron chi connectivity index (χ3n) is 4.30. The largest absolute Gasteiger partial charge is 0.338 e. The summed E-state index contributed by atoms with van der Waals surface area (Å²) in [5, 5.41) is 1.05. The number of amides is 1. The van der Waals surface area contributed by atoms with Gasteiger partial charge in [0.05, 0.1) is 4.88 Å². The second kappa shape index (κ2) is 5.96. The molecule has 1 unspecified atom stereocenters. The molecular weight excluding hydrogens is 322 g/mol. The summed E-state index contributed by atoms with van der Waals surface area (Å²) in [5.41, 5.74) is 1.44. The lowest BCUT2D eigenvalue weighted by molar-refractivity contribution is 0.0791. The molecule has 1 fully saturated rings. The van der Waals surface area contributed by atoms with Crippen LogP contribution in [0.3, 0.4) is 0 Å². The molecule has 2 aliphatic rings. The molecule has 0 N–H and O–H groups in total. The molecule has 0 spiro atoms. The maximum absolute atomic E-state index is 12.5. The molecule has 4 heteroatoms. The summed E-state index contributed by atoms with van der Waals surface area (Å²) in [6.07, 6.45) is 7.28. The van der Waals surface area contributed by atoms with Crippen LogP contribution in [0.25, 0.3) is 0 Å². The van der Waals surface area contributed by atoms with Crippen LogP contribution in [0.5, 0.6) is 0 Å². The molecule has 3 rings (SSSR count). The fraction of sp³-hybridized carbons (Fsp3) is 0.667. The highest BCUT2D eigenvalue weighted by molar-refractivity contribution is 9.09. The van der Waals surface area contributed by atoms with Gasteiger partial charge in [-0.15, -0.1) is 11.3 Å². The van der Waals surface area contributed by atoms with Crippen LogP contribution in [0.4, 0.5) is 0 Å². The van der Waals surface area contributed by atoms with E-state index in [0.29, 0.717) is 5.92 Å². The zero-order chi connectivity index (χ0) is 13.2. The number of rotatable bonds is 3. The lowest BCUT2D eigenvalue weighted by atomic mass is 9.99. The zero-order valence-corrected chi connectivity index (χ0v) is 13.6. The number of fused-ring (bicyclic) bond motifs is 1. The van der Waals surface area contributed by atoms with Gasteiger partial charge in [0.25, 0.3) is 5.91 Å². The van der Waals surface area contributed by atoms with Crippen molar-refractivity contribution in [3.63, 3.8) is 0 Å². The van der Waals surface area contributed by atoms with Crippen molar-refractivity contribution in [2.24, 2.45) is 5.92 Å². The maximum atomic E-state index is 12.5. The Hall–Kier alpha value is -0.350. The molecule has 1 atom stereocenters. The second-order valence-electron chi connectivity index (χ2n) is 5.65. The molecule has 1 saturated heterocycles. The average molecular weight is 342 g/mol. The minimum Gasteiger partial charge on any atom is -0.338 e. The maximum Gasteiger partial charge on any atom is 0.263 e. The number of aryl methyl sites for hydroxylation is 2. The second-order valence-corrected chi connectivity index (χ2v) is 7.58. The Balaban J connectivity index is 1.69. The van der Waals surface area contributed by atoms with Crippen LogP contribution in [-0.4, -0.2) is 29.2 Å². The standard InChI is InChI=1S/C15H20BrNOS/c16-7-5-11-6-8-17(10-11)15(18)14-9-12-3-1-2-4-13(12)19-14/h9,11H,1-8,10H2. The van der Waals surface area contributed by atoms with Crippen molar-refractivity contribution in [3.05, 3.63) is 21.4 Å². The van der Waals surface area contributed by atoms with Gasteiger partial charge in [-0.05, 0) is 56.1 Å². The molecule has 1 aliphatic heterocycles. The topological polar surface area (TPSA) is 20.3 Å². The average Bonchev–Trinajstić information content (AvgIpc) is 3.04. The van der Waals surface area contributed by atoms with Crippen LogP contribution in [-0.2, 0) is 12.8 Å². The zero-order valence-electron chi connectivity index (χ0n) is 11.2. The highest BCUT2D eigenvalue weighted by Gasteiger charge is 2.28. The van der Waals surface area contributed by atoms with Crippen molar-refractivity contribution in [2.45, 2.75) is 38.5 Å². The fourth-order valence-corrected chi connectivity index (χ4v) is 5.03. The predicted molar refractivity (Wildman–Crippen MR) is 83.4 cm³/mol. The van der Waals surface area contributed by atoms with E-state index in [4.69, 9.17) is 0 Å². The quantitative estimate of drug-likeness (QED) is 0.764. The number of halogens is 1. The molecule has 0 aromatic carbocycles.